The Kier molecular flexibility index (Phi) is 5.71. The largest absolute Gasteiger partial charge is 0.493 e. The maximum Gasteiger partial charge on any atom is 0.143 e. The molecule has 0 saturated carbocycles. The molecule has 0 amide bonds. The summed E-state index contributed by atoms with van der Waals surface area (Å²) < 4.78 is 12.1. The van der Waals surface area contributed by atoms with Crippen molar-refractivity contribution in [3.05, 3.63) is 36.0 Å². The van der Waals surface area contributed by atoms with Crippen LogP contribution in [-0.2, 0) is 4.74 Å². The Balaban J connectivity index is 1.92. The molecule has 6 heteroatoms. The Labute approximate surface area is 150 Å². The van der Waals surface area contributed by atoms with E-state index in [2.05, 4.69) is 29.4 Å². The summed E-state index contributed by atoms with van der Waals surface area (Å²) in [4.78, 5) is 10.6. The Morgan fingerprint density at radius 3 is 2.88 bits per heavy atom. The third-order valence-corrected chi connectivity index (χ3v) is 5.51. The van der Waals surface area contributed by atoms with Gasteiger partial charge in [-0.1, -0.05) is 6.07 Å². The number of hydrogen-bond donors (Lipinski definition) is 0. The number of benzene rings is 1. The highest BCUT2D eigenvalue weighted by Gasteiger charge is 2.14. The standard InChI is InChI=1S/C18H20N2O2S2/c1-12-13(22-11-5-10-21-2)8-9-19-16(12)18-20-17-14(23-3)6-4-7-15(17)24-18/h4,6-9H,5,10-11H2,1-3H3. The number of aromatic nitrogens is 2. The molecule has 0 fully saturated rings. The fourth-order valence-corrected chi connectivity index (χ4v) is 4.14. The van der Waals surface area contributed by atoms with Crippen molar-refractivity contribution >= 4 is 33.3 Å². The van der Waals surface area contributed by atoms with E-state index in [1.165, 1.54) is 9.60 Å². The average molecular weight is 361 g/mol. The van der Waals surface area contributed by atoms with E-state index < -0.39 is 0 Å². The minimum Gasteiger partial charge on any atom is -0.493 e. The molecule has 2 aromatic heterocycles. The predicted molar refractivity (Wildman–Crippen MR) is 101 cm³/mol. The minimum atomic E-state index is 0.634. The quantitative estimate of drug-likeness (QED) is 0.447. The smallest absolute Gasteiger partial charge is 0.143 e. The summed E-state index contributed by atoms with van der Waals surface area (Å²) in [6, 6.07) is 8.20. The number of hydrogen-bond acceptors (Lipinski definition) is 6. The lowest BCUT2D eigenvalue weighted by molar-refractivity contribution is 0.172. The Bertz CT molecular complexity index is 833. The molecule has 0 radical (unpaired) electrons. The molecular formula is C18H20N2O2S2. The molecule has 0 spiro atoms. The van der Waals surface area contributed by atoms with Crippen LogP contribution in [0.1, 0.15) is 12.0 Å². The summed E-state index contributed by atoms with van der Waals surface area (Å²) in [5, 5.41) is 0.936. The van der Waals surface area contributed by atoms with Gasteiger partial charge in [-0.3, -0.25) is 4.98 Å². The van der Waals surface area contributed by atoms with E-state index >= 15 is 0 Å². The van der Waals surface area contributed by atoms with Crippen LogP contribution in [0.3, 0.4) is 0 Å². The van der Waals surface area contributed by atoms with Crippen molar-refractivity contribution < 1.29 is 9.47 Å². The molecule has 0 N–H and O–H groups in total. The monoisotopic (exact) mass is 360 g/mol. The highest BCUT2D eigenvalue weighted by Crippen LogP contribution is 2.36. The fourth-order valence-electron chi connectivity index (χ4n) is 2.46. The van der Waals surface area contributed by atoms with Crippen LogP contribution in [0.15, 0.2) is 35.4 Å². The van der Waals surface area contributed by atoms with Crippen LogP contribution in [0.4, 0.5) is 0 Å². The second kappa shape index (κ2) is 7.96. The van der Waals surface area contributed by atoms with Gasteiger partial charge in [0.25, 0.3) is 0 Å². The van der Waals surface area contributed by atoms with Crippen molar-refractivity contribution in [3.63, 3.8) is 0 Å². The lowest BCUT2D eigenvalue weighted by Crippen LogP contribution is -2.03. The normalized spacial score (nSPS) is 11.1. The van der Waals surface area contributed by atoms with Crippen LogP contribution in [0, 0.1) is 6.92 Å². The first kappa shape index (κ1) is 17.2. The van der Waals surface area contributed by atoms with E-state index in [0.717, 1.165) is 34.0 Å². The summed E-state index contributed by atoms with van der Waals surface area (Å²) in [7, 11) is 1.70. The highest BCUT2D eigenvalue weighted by molar-refractivity contribution is 7.98. The molecule has 0 saturated heterocycles. The topological polar surface area (TPSA) is 44.2 Å². The number of ether oxygens (including phenoxy) is 2. The Hall–Kier alpha value is -1.63. The average Bonchev–Trinajstić information content (AvgIpc) is 3.03. The van der Waals surface area contributed by atoms with Gasteiger partial charge in [0.1, 0.15) is 16.5 Å². The van der Waals surface area contributed by atoms with Gasteiger partial charge in [-0.05, 0) is 31.4 Å². The second-order valence-electron chi connectivity index (χ2n) is 5.30. The van der Waals surface area contributed by atoms with Crippen molar-refractivity contribution in [2.45, 2.75) is 18.2 Å². The molecule has 0 aliphatic rings. The lowest BCUT2D eigenvalue weighted by Gasteiger charge is -2.10. The van der Waals surface area contributed by atoms with Gasteiger partial charge < -0.3 is 9.47 Å². The second-order valence-corrected chi connectivity index (χ2v) is 7.18. The Morgan fingerprint density at radius 1 is 1.21 bits per heavy atom. The lowest BCUT2D eigenvalue weighted by atomic mass is 10.2. The maximum absolute atomic E-state index is 5.87. The molecule has 3 aromatic rings. The molecule has 0 atom stereocenters. The van der Waals surface area contributed by atoms with Gasteiger partial charge in [0.2, 0.25) is 0 Å². The molecule has 24 heavy (non-hydrogen) atoms. The number of pyridine rings is 1. The third kappa shape index (κ3) is 3.55. The number of rotatable bonds is 7. The maximum atomic E-state index is 5.87. The van der Waals surface area contributed by atoms with E-state index in [0.29, 0.717) is 13.2 Å². The zero-order chi connectivity index (χ0) is 16.9. The van der Waals surface area contributed by atoms with Crippen LogP contribution >= 0.6 is 23.1 Å². The zero-order valence-electron chi connectivity index (χ0n) is 14.0. The van der Waals surface area contributed by atoms with Crippen LogP contribution < -0.4 is 4.74 Å². The molecule has 3 rings (SSSR count). The highest BCUT2D eigenvalue weighted by atomic mass is 32.2. The molecule has 126 valence electrons. The van der Waals surface area contributed by atoms with Gasteiger partial charge in [0.15, 0.2) is 0 Å². The SMILES string of the molecule is COCCCOc1ccnc(-c2nc3c(SC)cccc3s2)c1C. The van der Waals surface area contributed by atoms with Gasteiger partial charge in [-0.15, -0.1) is 23.1 Å². The number of methoxy groups -OCH3 is 1. The first-order chi connectivity index (χ1) is 11.7. The molecule has 2 heterocycles. The van der Waals surface area contributed by atoms with Gasteiger partial charge in [-0.2, -0.15) is 0 Å². The number of fused-ring (bicyclic) bond motifs is 1. The predicted octanol–water partition coefficient (Wildman–Crippen LogP) is 4.80. The molecule has 4 nitrogen and oxygen atoms in total. The van der Waals surface area contributed by atoms with E-state index in [9.17, 15) is 0 Å². The first-order valence-electron chi connectivity index (χ1n) is 7.76. The van der Waals surface area contributed by atoms with Crippen molar-refractivity contribution in [2.24, 2.45) is 0 Å². The Morgan fingerprint density at radius 2 is 2.08 bits per heavy atom. The summed E-state index contributed by atoms with van der Waals surface area (Å²) >= 11 is 3.39. The van der Waals surface area contributed by atoms with Crippen molar-refractivity contribution in [1.29, 1.82) is 0 Å². The van der Waals surface area contributed by atoms with Crippen molar-refractivity contribution in [3.8, 4) is 16.5 Å². The van der Waals surface area contributed by atoms with E-state index in [4.69, 9.17) is 14.5 Å². The van der Waals surface area contributed by atoms with E-state index in [-0.39, 0.29) is 0 Å². The fraction of sp³-hybridized carbons (Fsp3) is 0.333. The zero-order valence-corrected chi connectivity index (χ0v) is 15.7. The molecule has 0 unspecified atom stereocenters. The number of thiazole rings is 1. The van der Waals surface area contributed by atoms with Crippen LogP contribution in [-0.4, -0.2) is 36.5 Å². The molecule has 0 aliphatic carbocycles. The molecular weight excluding hydrogens is 340 g/mol. The summed E-state index contributed by atoms with van der Waals surface area (Å²) in [5.74, 6) is 0.862. The number of para-hydroxylation sites is 1. The van der Waals surface area contributed by atoms with Crippen molar-refractivity contribution in [2.75, 3.05) is 26.6 Å². The van der Waals surface area contributed by atoms with Crippen molar-refractivity contribution in [1.82, 2.24) is 9.97 Å². The van der Waals surface area contributed by atoms with Gasteiger partial charge in [0, 0.05) is 36.8 Å². The molecule has 1 aromatic carbocycles. The van der Waals surface area contributed by atoms with Gasteiger partial charge in [0.05, 0.1) is 16.8 Å². The van der Waals surface area contributed by atoms with Crippen LogP contribution in [0.5, 0.6) is 5.75 Å². The van der Waals surface area contributed by atoms with E-state index in [1.807, 2.05) is 13.0 Å². The number of thioether (sulfide) groups is 1. The van der Waals surface area contributed by atoms with E-state index in [1.54, 1.807) is 36.4 Å². The summed E-state index contributed by atoms with van der Waals surface area (Å²) in [5.41, 5.74) is 2.98. The third-order valence-electron chi connectivity index (χ3n) is 3.71. The van der Waals surface area contributed by atoms with Gasteiger partial charge >= 0.3 is 0 Å². The van der Waals surface area contributed by atoms with Gasteiger partial charge in [-0.25, -0.2) is 4.98 Å². The van der Waals surface area contributed by atoms with Crippen LogP contribution in [0.25, 0.3) is 20.9 Å². The molecule has 0 aliphatic heterocycles. The summed E-state index contributed by atoms with van der Waals surface area (Å²) in [6.45, 7) is 3.37. The molecule has 0 bridgehead atoms. The summed E-state index contributed by atoms with van der Waals surface area (Å²) in [6.07, 6.45) is 4.73. The number of nitrogens with zero attached hydrogens (tertiary/aromatic N) is 2. The first-order valence-corrected chi connectivity index (χ1v) is 9.80. The minimum absolute atomic E-state index is 0.634. The van der Waals surface area contributed by atoms with Crippen LogP contribution in [0.2, 0.25) is 0 Å².